The molecule has 1 aromatic carbocycles. The first kappa shape index (κ1) is 11.6. The van der Waals surface area contributed by atoms with E-state index < -0.39 is 0 Å². The van der Waals surface area contributed by atoms with E-state index in [4.69, 9.17) is 0 Å². The minimum Gasteiger partial charge on any atom is -0.383 e. The highest BCUT2D eigenvalue weighted by molar-refractivity contribution is 9.10. The van der Waals surface area contributed by atoms with Crippen LogP contribution in [-0.2, 0) is 0 Å². The standard InChI is InChI=1S/C12H18BrN/c1-3-4-6-10(2)14-12-8-5-7-11(13)9-12/h5,7-10,14H,3-4,6H2,1-2H3. The summed E-state index contributed by atoms with van der Waals surface area (Å²) in [6.45, 7) is 4.46. The Bertz CT molecular complexity index is 273. The fourth-order valence-corrected chi connectivity index (χ4v) is 1.84. The predicted molar refractivity (Wildman–Crippen MR) is 66.8 cm³/mol. The molecule has 0 heterocycles. The average Bonchev–Trinajstić information content (AvgIpc) is 2.15. The van der Waals surface area contributed by atoms with Crippen LogP contribution in [0.15, 0.2) is 28.7 Å². The molecule has 0 bridgehead atoms. The Hall–Kier alpha value is -0.500. The minimum absolute atomic E-state index is 0.559. The van der Waals surface area contributed by atoms with E-state index in [0.717, 1.165) is 4.47 Å². The third-order valence-corrected chi connectivity index (χ3v) is 2.72. The smallest absolute Gasteiger partial charge is 0.0353 e. The van der Waals surface area contributed by atoms with Crippen LogP contribution in [0.1, 0.15) is 33.1 Å². The zero-order valence-corrected chi connectivity index (χ0v) is 10.5. The number of unbranched alkanes of at least 4 members (excludes halogenated alkanes) is 1. The van der Waals surface area contributed by atoms with Crippen molar-refractivity contribution in [3.8, 4) is 0 Å². The molecule has 1 rings (SSSR count). The zero-order chi connectivity index (χ0) is 10.4. The van der Waals surface area contributed by atoms with Crippen molar-refractivity contribution in [2.24, 2.45) is 0 Å². The lowest BCUT2D eigenvalue weighted by atomic mass is 10.1. The van der Waals surface area contributed by atoms with Crippen LogP contribution in [0.2, 0.25) is 0 Å². The molecule has 0 radical (unpaired) electrons. The summed E-state index contributed by atoms with van der Waals surface area (Å²) in [7, 11) is 0. The van der Waals surface area contributed by atoms with Gasteiger partial charge in [-0.15, -0.1) is 0 Å². The van der Waals surface area contributed by atoms with E-state index in [2.05, 4.69) is 53.3 Å². The van der Waals surface area contributed by atoms with E-state index >= 15 is 0 Å². The molecular weight excluding hydrogens is 238 g/mol. The van der Waals surface area contributed by atoms with Gasteiger partial charge in [-0.3, -0.25) is 0 Å². The number of halogens is 1. The quantitative estimate of drug-likeness (QED) is 0.821. The number of rotatable bonds is 5. The first-order valence-electron chi connectivity index (χ1n) is 5.24. The van der Waals surface area contributed by atoms with Gasteiger partial charge in [0.15, 0.2) is 0 Å². The normalized spacial score (nSPS) is 12.5. The first-order valence-corrected chi connectivity index (χ1v) is 6.03. The Morgan fingerprint density at radius 2 is 2.21 bits per heavy atom. The topological polar surface area (TPSA) is 12.0 Å². The summed E-state index contributed by atoms with van der Waals surface area (Å²) in [6.07, 6.45) is 3.80. The van der Waals surface area contributed by atoms with Gasteiger partial charge in [-0.25, -0.2) is 0 Å². The summed E-state index contributed by atoms with van der Waals surface area (Å²) in [5.41, 5.74) is 1.20. The highest BCUT2D eigenvalue weighted by atomic mass is 79.9. The maximum atomic E-state index is 3.49. The molecule has 0 aliphatic heterocycles. The van der Waals surface area contributed by atoms with Crippen LogP contribution in [0.25, 0.3) is 0 Å². The molecule has 14 heavy (non-hydrogen) atoms. The Morgan fingerprint density at radius 1 is 1.43 bits per heavy atom. The molecule has 0 spiro atoms. The molecule has 1 aromatic rings. The summed E-state index contributed by atoms with van der Waals surface area (Å²) in [5, 5.41) is 3.49. The first-order chi connectivity index (χ1) is 6.72. The van der Waals surface area contributed by atoms with Gasteiger partial charge in [0.1, 0.15) is 0 Å². The van der Waals surface area contributed by atoms with Crippen molar-refractivity contribution in [1.29, 1.82) is 0 Å². The number of benzene rings is 1. The SMILES string of the molecule is CCCCC(C)Nc1cccc(Br)c1. The van der Waals surface area contributed by atoms with Gasteiger partial charge in [-0.2, -0.15) is 0 Å². The summed E-state index contributed by atoms with van der Waals surface area (Å²) in [4.78, 5) is 0. The van der Waals surface area contributed by atoms with E-state index in [1.807, 2.05) is 6.07 Å². The van der Waals surface area contributed by atoms with Gasteiger partial charge >= 0.3 is 0 Å². The van der Waals surface area contributed by atoms with Crippen molar-refractivity contribution in [3.05, 3.63) is 28.7 Å². The molecule has 1 nitrogen and oxygen atoms in total. The lowest BCUT2D eigenvalue weighted by Crippen LogP contribution is -2.14. The van der Waals surface area contributed by atoms with Crippen LogP contribution < -0.4 is 5.32 Å². The minimum atomic E-state index is 0.559. The van der Waals surface area contributed by atoms with Crippen molar-refractivity contribution in [2.45, 2.75) is 39.2 Å². The van der Waals surface area contributed by atoms with Gasteiger partial charge in [-0.05, 0) is 31.5 Å². The Labute approximate surface area is 95.0 Å². The van der Waals surface area contributed by atoms with Crippen LogP contribution in [0, 0.1) is 0 Å². The molecule has 0 aliphatic rings. The molecule has 78 valence electrons. The van der Waals surface area contributed by atoms with Crippen LogP contribution in [0.3, 0.4) is 0 Å². The highest BCUT2D eigenvalue weighted by Crippen LogP contribution is 2.17. The Kier molecular flexibility index (Phi) is 5.02. The van der Waals surface area contributed by atoms with Gasteiger partial charge in [0, 0.05) is 16.2 Å². The summed E-state index contributed by atoms with van der Waals surface area (Å²) >= 11 is 3.46. The summed E-state index contributed by atoms with van der Waals surface area (Å²) in [5.74, 6) is 0. The van der Waals surface area contributed by atoms with Crippen LogP contribution in [0.4, 0.5) is 5.69 Å². The molecule has 0 saturated carbocycles. The molecule has 1 atom stereocenters. The van der Waals surface area contributed by atoms with E-state index in [1.54, 1.807) is 0 Å². The van der Waals surface area contributed by atoms with Gasteiger partial charge < -0.3 is 5.32 Å². The van der Waals surface area contributed by atoms with Crippen molar-refractivity contribution < 1.29 is 0 Å². The van der Waals surface area contributed by atoms with Crippen molar-refractivity contribution in [3.63, 3.8) is 0 Å². The number of anilines is 1. The fourth-order valence-electron chi connectivity index (χ4n) is 1.45. The number of hydrogen-bond donors (Lipinski definition) is 1. The maximum Gasteiger partial charge on any atom is 0.0353 e. The Morgan fingerprint density at radius 3 is 2.86 bits per heavy atom. The predicted octanol–water partition coefficient (Wildman–Crippen LogP) is 4.44. The average molecular weight is 256 g/mol. The molecule has 0 fully saturated rings. The van der Waals surface area contributed by atoms with Crippen LogP contribution in [0.5, 0.6) is 0 Å². The molecule has 0 saturated heterocycles. The highest BCUT2D eigenvalue weighted by Gasteiger charge is 2.00. The lowest BCUT2D eigenvalue weighted by molar-refractivity contribution is 0.645. The van der Waals surface area contributed by atoms with Gasteiger partial charge in [0.2, 0.25) is 0 Å². The second-order valence-corrected chi connectivity index (χ2v) is 4.61. The third kappa shape index (κ3) is 4.14. The van der Waals surface area contributed by atoms with Crippen LogP contribution >= 0.6 is 15.9 Å². The van der Waals surface area contributed by atoms with Gasteiger partial charge in [0.25, 0.3) is 0 Å². The molecule has 0 aromatic heterocycles. The fraction of sp³-hybridized carbons (Fsp3) is 0.500. The zero-order valence-electron chi connectivity index (χ0n) is 8.89. The van der Waals surface area contributed by atoms with E-state index in [9.17, 15) is 0 Å². The Balaban J connectivity index is 2.43. The van der Waals surface area contributed by atoms with Crippen molar-refractivity contribution in [1.82, 2.24) is 0 Å². The molecule has 1 unspecified atom stereocenters. The lowest BCUT2D eigenvalue weighted by Gasteiger charge is -2.14. The van der Waals surface area contributed by atoms with E-state index in [0.29, 0.717) is 6.04 Å². The summed E-state index contributed by atoms with van der Waals surface area (Å²) < 4.78 is 1.13. The van der Waals surface area contributed by atoms with Crippen LogP contribution in [-0.4, -0.2) is 6.04 Å². The third-order valence-electron chi connectivity index (χ3n) is 2.23. The monoisotopic (exact) mass is 255 g/mol. The molecule has 0 aliphatic carbocycles. The molecule has 1 N–H and O–H groups in total. The van der Waals surface area contributed by atoms with E-state index in [-0.39, 0.29) is 0 Å². The molecular formula is C12H18BrN. The van der Waals surface area contributed by atoms with Gasteiger partial charge in [0.05, 0.1) is 0 Å². The molecule has 0 amide bonds. The van der Waals surface area contributed by atoms with E-state index in [1.165, 1.54) is 24.9 Å². The second kappa shape index (κ2) is 6.07. The largest absolute Gasteiger partial charge is 0.383 e. The second-order valence-electron chi connectivity index (χ2n) is 3.70. The summed E-state index contributed by atoms with van der Waals surface area (Å²) in [6, 6.07) is 8.88. The molecule has 2 heteroatoms. The number of hydrogen-bond acceptors (Lipinski definition) is 1. The van der Waals surface area contributed by atoms with Crippen molar-refractivity contribution in [2.75, 3.05) is 5.32 Å². The maximum absolute atomic E-state index is 3.49. The number of nitrogens with one attached hydrogen (secondary N) is 1. The van der Waals surface area contributed by atoms with Crippen molar-refractivity contribution >= 4 is 21.6 Å². The van der Waals surface area contributed by atoms with Gasteiger partial charge in [-0.1, -0.05) is 41.8 Å².